The first-order valence-corrected chi connectivity index (χ1v) is 11.7. The van der Waals surface area contributed by atoms with E-state index in [-0.39, 0.29) is 0 Å². The average Bonchev–Trinajstić information content (AvgIpc) is 2.99. The van der Waals surface area contributed by atoms with E-state index in [1.807, 2.05) is 0 Å². The molecule has 4 rings (SSSR count). The molecular weight excluding hydrogens is 492 g/mol. The average molecular weight is 513 g/mol. The molecule has 0 heterocycles. The van der Waals surface area contributed by atoms with Crippen molar-refractivity contribution in [3.05, 3.63) is 144 Å². The van der Waals surface area contributed by atoms with Crippen molar-refractivity contribution in [2.45, 2.75) is 16.7 Å². The van der Waals surface area contributed by atoms with Gasteiger partial charge in [-0.2, -0.15) is 4.99 Å². The maximum absolute atomic E-state index is 12.5. The summed E-state index contributed by atoms with van der Waals surface area (Å²) in [6.07, 6.45) is 5.99. The number of hydrogen-bond acceptors (Lipinski definition) is 8. The van der Waals surface area contributed by atoms with Crippen LogP contribution < -0.4 is 0 Å². The fourth-order valence-corrected chi connectivity index (χ4v) is 5.35. The maximum atomic E-state index is 12.5. The number of benzene rings is 4. The molecular formula is C31H20N4O4. The molecule has 0 amide bonds. The topological polar surface area (TPSA) is 118 Å². The van der Waals surface area contributed by atoms with Crippen molar-refractivity contribution in [1.29, 1.82) is 0 Å². The van der Waals surface area contributed by atoms with Crippen molar-refractivity contribution in [3.8, 4) is 0 Å². The maximum Gasteiger partial charge on any atom is 0.294 e. The quantitative estimate of drug-likeness (QED) is 0.221. The van der Waals surface area contributed by atoms with Gasteiger partial charge in [-0.3, -0.25) is 0 Å². The van der Waals surface area contributed by atoms with E-state index in [0.29, 0.717) is 22.3 Å². The number of rotatable bonds is 10. The van der Waals surface area contributed by atoms with Gasteiger partial charge in [0, 0.05) is 0 Å². The highest BCUT2D eigenvalue weighted by atomic mass is 16.1. The zero-order chi connectivity index (χ0) is 27.6. The Bertz CT molecular complexity index is 1490. The van der Waals surface area contributed by atoms with E-state index in [1.54, 1.807) is 127 Å². The lowest BCUT2D eigenvalue weighted by Crippen LogP contribution is -2.62. The summed E-state index contributed by atoms with van der Waals surface area (Å²) >= 11 is 0. The van der Waals surface area contributed by atoms with Crippen LogP contribution in [0.25, 0.3) is 0 Å². The van der Waals surface area contributed by atoms with Gasteiger partial charge < -0.3 is 0 Å². The van der Waals surface area contributed by atoms with Gasteiger partial charge >= 0.3 is 0 Å². The van der Waals surface area contributed by atoms with E-state index in [9.17, 15) is 19.2 Å². The zero-order valence-corrected chi connectivity index (χ0v) is 20.5. The Balaban J connectivity index is 2.50. The fraction of sp³-hybridized carbons (Fsp3) is 0.0968. The molecule has 39 heavy (non-hydrogen) atoms. The van der Waals surface area contributed by atoms with Gasteiger partial charge in [0.1, 0.15) is 11.0 Å². The number of nitrogens with zero attached hydrogens (tertiary/aromatic N) is 4. The van der Waals surface area contributed by atoms with Crippen LogP contribution in [0.3, 0.4) is 0 Å². The monoisotopic (exact) mass is 512 g/mol. The standard InChI is InChI=1S/C31H20N4O4/c36-21-32-30(27-17-9-3-10-18-27,28-19-11-4-12-20-28)29(25-13-5-1-6-14-25,26-15-7-2-8-16-26)31(33-22-37,34-23-38)35-24-39/h1-20H. The lowest BCUT2D eigenvalue weighted by atomic mass is 9.53. The summed E-state index contributed by atoms with van der Waals surface area (Å²) in [6.45, 7) is 0. The van der Waals surface area contributed by atoms with Crippen molar-refractivity contribution in [2.24, 2.45) is 20.0 Å². The Kier molecular flexibility index (Phi) is 7.89. The smallest absolute Gasteiger partial charge is 0.211 e. The predicted molar refractivity (Wildman–Crippen MR) is 143 cm³/mol. The first kappa shape index (κ1) is 26.5. The van der Waals surface area contributed by atoms with Crippen molar-refractivity contribution in [1.82, 2.24) is 0 Å². The third-order valence-electron chi connectivity index (χ3n) is 6.66. The lowest BCUT2D eigenvalue weighted by Gasteiger charge is -2.52. The number of aliphatic imine (C=N–C) groups is 4. The van der Waals surface area contributed by atoms with E-state index in [0.717, 1.165) is 0 Å². The second kappa shape index (κ2) is 11.6. The minimum atomic E-state index is -2.60. The number of carbonyl (C=O) groups excluding carboxylic acids is 4. The Morgan fingerprint density at radius 2 is 0.667 bits per heavy atom. The molecule has 0 aliphatic carbocycles. The van der Waals surface area contributed by atoms with Crippen LogP contribution in [-0.2, 0) is 30.1 Å². The summed E-state index contributed by atoms with van der Waals surface area (Å²) in [6, 6.07) is 34.5. The minimum Gasteiger partial charge on any atom is -0.211 e. The summed E-state index contributed by atoms with van der Waals surface area (Å²) < 4.78 is 0. The second-order valence-electron chi connectivity index (χ2n) is 8.37. The molecule has 4 aromatic carbocycles. The summed E-state index contributed by atoms with van der Waals surface area (Å²) in [5, 5.41) is 0. The summed E-state index contributed by atoms with van der Waals surface area (Å²) in [5.74, 6) is -2.60. The summed E-state index contributed by atoms with van der Waals surface area (Å²) in [4.78, 5) is 64.8. The molecule has 0 aromatic heterocycles. The first-order chi connectivity index (χ1) is 19.2. The fourth-order valence-electron chi connectivity index (χ4n) is 5.35. The van der Waals surface area contributed by atoms with Crippen LogP contribution in [0.2, 0.25) is 0 Å². The molecule has 0 aliphatic heterocycles. The highest BCUT2D eigenvalue weighted by Gasteiger charge is 2.69. The molecule has 0 fully saturated rings. The molecule has 0 N–H and O–H groups in total. The molecule has 8 heteroatoms. The van der Waals surface area contributed by atoms with Crippen LogP contribution in [0.15, 0.2) is 141 Å². The Hall–Kier alpha value is -5.60. The molecule has 0 atom stereocenters. The molecule has 0 aliphatic rings. The predicted octanol–water partition coefficient (Wildman–Crippen LogP) is 4.91. The first-order valence-electron chi connectivity index (χ1n) is 11.7. The normalized spacial score (nSPS) is 12.3. The van der Waals surface area contributed by atoms with Gasteiger partial charge in [0.2, 0.25) is 24.3 Å². The van der Waals surface area contributed by atoms with Gasteiger partial charge in [0.05, 0.1) is 0 Å². The Morgan fingerprint density at radius 1 is 0.385 bits per heavy atom. The second-order valence-corrected chi connectivity index (χ2v) is 8.37. The highest BCUT2D eigenvalue weighted by Crippen LogP contribution is 2.60. The van der Waals surface area contributed by atoms with Gasteiger partial charge in [-0.15, -0.1) is 15.0 Å². The molecule has 0 radical (unpaired) electrons. The molecule has 0 saturated heterocycles. The van der Waals surface area contributed by atoms with Gasteiger partial charge in [-0.05, 0) is 22.3 Å². The SMILES string of the molecule is O=C=NC(N=C=O)(N=C=O)C(c1ccccc1)(c1ccccc1)C(N=C=O)(c1ccccc1)c1ccccc1. The van der Waals surface area contributed by atoms with Crippen LogP contribution in [-0.4, -0.2) is 30.1 Å². The molecule has 0 bridgehead atoms. The van der Waals surface area contributed by atoms with Crippen molar-refractivity contribution in [3.63, 3.8) is 0 Å². The van der Waals surface area contributed by atoms with Crippen molar-refractivity contribution < 1.29 is 19.2 Å². The summed E-state index contributed by atoms with van der Waals surface area (Å²) in [7, 11) is 0. The van der Waals surface area contributed by atoms with Gasteiger partial charge in [-0.1, -0.05) is 121 Å². The van der Waals surface area contributed by atoms with E-state index >= 15 is 0 Å². The molecule has 0 saturated carbocycles. The van der Waals surface area contributed by atoms with Crippen LogP contribution in [0, 0.1) is 0 Å². The molecule has 0 unspecified atom stereocenters. The third-order valence-corrected chi connectivity index (χ3v) is 6.66. The van der Waals surface area contributed by atoms with Crippen LogP contribution in [0.1, 0.15) is 22.3 Å². The Morgan fingerprint density at radius 3 is 0.949 bits per heavy atom. The van der Waals surface area contributed by atoms with Gasteiger partial charge in [0.15, 0.2) is 0 Å². The van der Waals surface area contributed by atoms with Crippen molar-refractivity contribution in [2.75, 3.05) is 0 Å². The highest BCUT2D eigenvalue weighted by molar-refractivity contribution is 5.63. The lowest BCUT2D eigenvalue weighted by molar-refractivity contribution is 0.183. The van der Waals surface area contributed by atoms with Crippen molar-refractivity contribution >= 4 is 24.3 Å². The molecule has 0 spiro atoms. The van der Waals surface area contributed by atoms with E-state index in [1.165, 1.54) is 18.2 Å². The number of isocyanates is 4. The minimum absolute atomic E-state index is 0.361. The molecule has 4 aromatic rings. The third kappa shape index (κ3) is 4.20. The van der Waals surface area contributed by atoms with Crippen LogP contribution in [0.4, 0.5) is 0 Å². The van der Waals surface area contributed by atoms with E-state index in [2.05, 4.69) is 20.0 Å². The molecule has 188 valence electrons. The van der Waals surface area contributed by atoms with Crippen LogP contribution >= 0.6 is 0 Å². The summed E-state index contributed by atoms with van der Waals surface area (Å²) in [5.41, 5.74) is -2.28. The van der Waals surface area contributed by atoms with Crippen LogP contribution in [0.5, 0.6) is 0 Å². The van der Waals surface area contributed by atoms with Gasteiger partial charge in [0.25, 0.3) is 5.79 Å². The zero-order valence-electron chi connectivity index (χ0n) is 20.5. The van der Waals surface area contributed by atoms with E-state index in [4.69, 9.17) is 0 Å². The largest absolute Gasteiger partial charge is 0.294 e. The Labute approximate surface area is 223 Å². The molecule has 8 nitrogen and oxygen atoms in total. The number of hydrogen-bond donors (Lipinski definition) is 0. The van der Waals surface area contributed by atoms with Gasteiger partial charge in [-0.25, -0.2) is 19.2 Å². The van der Waals surface area contributed by atoms with E-state index < -0.39 is 16.7 Å².